The van der Waals surface area contributed by atoms with Gasteiger partial charge in [0.25, 0.3) is 0 Å². The number of aryl methyl sites for hydroxylation is 1. The molecule has 4 rings (SSSR count). The lowest BCUT2D eigenvalue weighted by Crippen LogP contribution is -2.00. The van der Waals surface area contributed by atoms with Gasteiger partial charge in [-0.25, -0.2) is 10.4 Å². The van der Waals surface area contributed by atoms with Crippen molar-refractivity contribution in [3.05, 3.63) is 83.4 Å². The van der Waals surface area contributed by atoms with Gasteiger partial charge in [-0.3, -0.25) is 0 Å². The molecule has 0 aliphatic rings. The van der Waals surface area contributed by atoms with Gasteiger partial charge in [0.1, 0.15) is 6.61 Å². The zero-order valence-corrected chi connectivity index (χ0v) is 17.1. The van der Waals surface area contributed by atoms with Gasteiger partial charge in [-0.15, -0.1) is 0 Å². The summed E-state index contributed by atoms with van der Waals surface area (Å²) in [6.07, 6.45) is 1.72. The number of aromatic nitrogens is 2. The van der Waals surface area contributed by atoms with Crippen molar-refractivity contribution in [2.24, 2.45) is 5.10 Å². The first-order valence-corrected chi connectivity index (χ1v) is 9.90. The van der Waals surface area contributed by atoms with E-state index in [-0.39, 0.29) is 0 Å². The van der Waals surface area contributed by atoms with E-state index in [1.54, 1.807) is 6.21 Å². The molecule has 4 aromatic rings. The molecule has 0 saturated heterocycles. The minimum Gasteiger partial charge on any atom is -0.490 e. The van der Waals surface area contributed by atoms with Gasteiger partial charge in [-0.05, 0) is 60.9 Å². The molecule has 0 saturated carbocycles. The van der Waals surface area contributed by atoms with E-state index in [2.05, 4.69) is 33.5 Å². The summed E-state index contributed by atoms with van der Waals surface area (Å²) in [5.74, 6) is 2.00. The summed E-state index contributed by atoms with van der Waals surface area (Å²) in [4.78, 5) is 7.69. The van der Waals surface area contributed by atoms with Crippen LogP contribution in [0.15, 0.2) is 71.8 Å². The van der Waals surface area contributed by atoms with E-state index >= 15 is 0 Å². The molecule has 0 radical (unpaired) electrons. The summed E-state index contributed by atoms with van der Waals surface area (Å²) in [6, 6.07) is 21.9. The molecule has 152 valence electrons. The molecule has 2 N–H and O–H groups in total. The van der Waals surface area contributed by atoms with Gasteiger partial charge in [-0.2, -0.15) is 5.10 Å². The maximum absolute atomic E-state index is 5.95. The van der Waals surface area contributed by atoms with Crippen LogP contribution in [0.3, 0.4) is 0 Å². The van der Waals surface area contributed by atoms with Crippen LogP contribution in [-0.2, 0) is 6.61 Å². The Labute approximate surface area is 175 Å². The molecule has 3 aromatic carbocycles. The summed E-state index contributed by atoms with van der Waals surface area (Å²) in [5.41, 5.74) is 8.00. The van der Waals surface area contributed by atoms with Crippen molar-refractivity contribution < 1.29 is 9.47 Å². The lowest BCUT2D eigenvalue weighted by Gasteiger charge is -2.12. The van der Waals surface area contributed by atoms with Crippen LogP contribution in [0, 0.1) is 6.92 Å². The Morgan fingerprint density at radius 3 is 2.70 bits per heavy atom. The number of imidazole rings is 1. The number of hydrogen-bond donors (Lipinski definition) is 2. The number of nitrogens with zero attached hydrogens (tertiary/aromatic N) is 2. The van der Waals surface area contributed by atoms with E-state index in [4.69, 9.17) is 9.47 Å². The number of benzene rings is 3. The highest BCUT2D eigenvalue weighted by molar-refractivity contribution is 5.82. The number of H-pyrrole nitrogens is 1. The SMILES string of the molecule is CCOc1cc(/C=N\Nc2nc3ccc(C)cc3[nH]2)ccc1OCc1ccccc1. The third kappa shape index (κ3) is 4.78. The standard InChI is InChI=1S/C24H24N4O2/c1-3-29-23-14-19(10-12-22(23)30-16-18-7-5-4-6-8-18)15-25-28-24-26-20-11-9-17(2)13-21(20)27-24/h4-15H,3,16H2,1-2H3,(H2,26,27,28)/b25-15-. The van der Waals surface area contributed by atoms with Crippen molar-refractivity contribution in [2.45, 2.75) is 20.5 Å². The number of ether oxygens (including phenoxy) is 2. The predicted octanol–water partition coefficient (Wildman–Crippen LogP) is 5.30. The first kappa shape index (κ1) is 19.5. The monoisotopic (exact) mass is 400 g/mol. The molecule has 0 aliphatic heterocycles. The average molecular weight is 400 g/mol. The minimum atomic E-state index is 0.488. The number of aromatic amines is 1. The van der Waals surface area contributed by atoms with Gasteiger partial charge in [0.15, 0.2) is 11.5 Å². The topological polar surface area (TPSA) is 71.5 Å². The van der Waals surface area contributed by atoms with Crippen LogP contribution in [0.5, 0.6) is 11.5 Å². The van der Waals surface area contributed by atoms with E-state index in [9.17, 15) is 0 Å². The molecule has 30 heavy (non-hydrogen) atoms. The van der Waals surface area contributed by atoms with Crippen LogP contribution in [-0.4, -0.2) is 22.8 Å². The number of anilines is 1. The highest BCUT2D eigenvalue weighted by atomic mass is 16.5. The van der Waals surface area contributed by atoms with Crippen LogP contribution in [0.25, 0.3) is 11.0 Å². The van der Waals surface area contributed by atoms with E-state index in [0.717, 1.165) is 22.2 Å². The van der Waals surface area contributed by atoms with Gasteiger partial charge in [0.05, 0.1) is 23.9 Å². The maximum atomic E-state index is 5.95. The molecule has 0 aliphatic carbocycles. The molecule has 0 fully saturated rings. The van der Waals surface area contributed by atoms with Crippen molar-refractivity contribution in [2.75, 3.05) is 12.0 Å². The molecule has 6 nitrogen and oxygen atoms in total. The summed E-state index contributed by atoms with van der Waals surface area (Å²) in [5, 5.41) is 4.29. The Morgan fingerprint density at radius 2 is 1.87 bits per heavy atom. The van der Waals surface area contributed by atoms with E-state index in [1.807, 2.05) is 67.6 Å². The molecule has 6 heteroatoms. The second kappa shape index (κ2) is 9.13. The Hall–Kier alpha value is -3.80. The lowest BCUT2D eigenvalue weighted by atomic mass is 10.2. The van der Waals surface area contributed by atoms with Crippen LogP contribution < -0.4 is 14.9 Å². The highest BCUT2D eigenvalue weighted by Crippen LogP contribution is 2.29. The fourth-order valence-corrected chi connectivity index (χ4v) is 3.07. The van der Waals surface area contributed by atoms with Gasteiger partial charge >= 0.3 is 0 Å². The van der Waals surface area contributed by atoms with Crippen molar-refractivity contribution in [1.82, 2.24) is 9.97 Å². The lowest BCUT2D eigenvalue weighted by molar-refractivity contribution is 0.269. The zero-order valence-electron chi connectivity index (χ0n) is 17.1. The number of hydrogen-bond acceptors (Lipinski definition) is 5. The van der Waals surface area contributed by atoms with Crippen LogP contribution >= 0.6 is 0 Å². The van der Waals surface area contributed by atoms with Crippen LogP contribution in [0.2, 0.25) is 0 Å². The predicted molar refractivity (Wildman–Crippen MR) is 120 cm³/mol. The van der Waals surface area contributed by atoms with Gasteiger partial charge < -0.3 is 14.5 Å². The van der Waals surface area contributed by atoms with Gasteiger partial charge in [-0.1, -0.05) is 36.4 Å². The highest BCUT2D eigenvalue weighted by Gasteiger charge is 2.07. The minimum absolute atomic E-state index is 0.488. The number of hydrazone groups is 1. The summed E-state index contributed by atoms with van der Waals surface area (Å²) < 4.78 is 11.7. The largest absolute Gasteiger partial charge is 0.490 e. The van der Waals surface area contributed by atoms with Gasteiger partial charge in [0.2, 0.25) is 5.95 Å². The summed E-state index contributed by atoms with van der Waals surface area (Å²) in [7, 11) is 0. The van der Waals surface area contributed by atoms with E-state index < -0.39 is 0 Å². The Balaban J connectivity index is 1.44. The van der Waals surface area contributed by atoms with Crippen molar-refractivity contribution >= 4 is 23.2 Å². The molecule has 0 bridgehead atoms. The number of fused-ring (bicyclic) bond motifs is 1. The Morgan fingerprint density at radius 1 is 1.00 bits per heavy atom. The normalized spacial score (nSPS) is 11.1. The number of nitrogens with one attached hydrogen (secondary N) is 2. The molecular weight excluding hydrogens is 376 g/mol. The molecule has 0 unspecified atom stereocenters. The third-order valence-electron chi connectivity index (χ3n) is 4.53. The fraction of sp³-hybridized carbons (Fsp3) is 0.167. The first-order valence-electron chi connectivity index (χ1n) is 9.90. The van der Waals surface area contributed by atoms with Crippen LogP contribution in [0.4, 0.5) is 5.95 Å². The molecule has 0 amide bonds. The second-order valence-corrected chi connectivity index (χ2v) is 6.89. The molecule has 0 atom stereocenters. The van der Waals surface area contributed by atoms with Crippen LogP contribution in [0.1, 0.15) is 23.6 Å². The molecular formula is C24H24N4O2. The van der Waals surface area contributed by atoms with Crippen molar-refractivity contribution in [1.29, 1.82) is 0 Å². The van der Waals surface area contributed by atoms with Crippen molar-refractivity contribution in [3.63, 3.8) is 0 Å². The molecule has 0 spiro atoms. The fourth-order valence-electron chi connectivity index (χ4n) is 3.07. The van der Waals surface area contributed by atoms with Gasteiger partial charge in [0, 0.05) is 0 Å². The smallest absolute Gasteiger partial charge is 0.222 e. The first-order chi connectivity index (χ1) is 14.7. The number of rotatable bonds is 8. The van der Waals surface area contributed by atoms with Crippen molar-refractivity contribution in [3.8, 4) is 11.5 Å². The Kier molecular flexibility index (Phi) is 5.94. The average Bonchev–Trinajstić information content (AvgIpc) is 3.16. The Bertz CT molecular complexity index is 1150. The summed E-state index contributed by atoms with van der Waals surface area (Å²) in [6.45, 7) is 5.04. The third-order valence-corrected chi connectivity index (χ3v) is 4.53. The molecule has 1 heterocycles. The van der Waals surface area contributed by atoms with E-state index in [1.165, 1.54) is 5.56 Å². The quantitative estimate of drug-likeness (QED) is 0.311. The second-order valence-electron chi connectivity index (χ2n) is 6.89. The summed E-state index contributed by atoms with van der Waals surface area (Å²) >= 11 is 0. The maximum Gasteiger partial charge on any atom is 0.222 e. The van der Waals surface area contributed by atoms with E-state index in [0.29, 0.717) is 30.7 Å². The zero-order chi connectivity index (χ0) is 20.8. The molecule has 1 aromatic heterocycles.